The van der Waals surface area contributed by atoms with Gasteiger partial charge in [-0.05, 0) is 20.3 Å². The third kappa shape index (κ3) is 4.49. The number of rotatable bonds is 4. The fourth-order valence-electron chi connectivity index (χ4n) is 4.57. The molecule has 0 amide bonds. The summed E-state index contributed by atoms with van der Waals surface area (Å²) in [5, 5.41) is 14.2. The fraction of sp³-hybridized carbons (Fsp3) is 0.700. The number of aromatic nitrogens is 2. The average Bonchev–Trinajstić information content (AvgIpc) is 3.42. The van der Waals surface area contributed by atoms with Gasteiger partial charge in [0, 0.05) is 69.7 Å². The molecule has 3 aliphatic heterocycles. The summed E-state index contributed by atoms with van der Waals surface area (Å²) in [6.45, 7) is 13.8. The SMILES string of the molecule is Cc1csc(N2CCN(C3CCNC(N4CCN(c5nc(C)cs5)CC4)N3)CC2)n1. The highest BCUT2D eigenvalue weighted by molar-refractivity contribution is 7.14. The third-order valence-corrected chi connectivity index (χ3v) is 8.33. The monoisotopic (exact) mass is 448 g/mol. The Kier molecular flexibility index (Phi) is 6.22. The van der Waals surface area contributed by atoms with Crippen LogP contribution >= 0.6 is 22.7 Å². The maximum atomic E-state index is 4.66. The Morgan fingerprint density at radius 3 is 1.83 bits per heavy atom. The molecule has 8 nitrogen and oxygen atoms in total. The van der Waals surface area contributed by atoms with Gasteiger partial charge in [0.2, 0.25) is 0 Å². The van der Waals surface area contributed by atoms with Crippen LogP contribution in [0.2, 0.25) is 0 Å². The Hall–Kier alpha value is -1.30. The molecule has 0 bridgehead atoms. The molecular weight excluding hydrogens is 416 g/mol. The first-order valence-electron chi connectivity index (χ1n) is 11.0. The predicted molar refractivity (Wildman–Crippen MR) is 125 cm³/mol. The molecule has 30 heavy (non-hydrogen) atoms. The zero-order chi connectivity index (χ0) is 20.5. The lowest BCUT2D eigenvalue weighted by Gasteiger charge is -2.47. The topological polar surface area (TPSA) is 62.8 Å². The van der Waals surface area contributed by atoms with E-state index in [-0.39, 0.29) is 6.29 Å². The highest BCUT2D eigenvalue weighted by Crippen LogP contribution is 2.24. The smallest absolute Gasteiger partial charge is 0.185 e. The number of hydrogen-bond acceptors (Lipinski definition) is 10. The molecule has 3 fully saturated rings. The summed E-state index contributed by atoms with van der Waals surface area (Å²) in [6, 6.07) is 0. The number of hydrogen-bond donors (Lipinski definition) is 2. The van der Waals surface area contributed by atoms with E-state index in [2.05, 4.69) is 64.8 Å². The standard InChI is InChI=1S/C20H32N8S2/c1-15-13-29-19(22-15)27-9-5-25(6-10-27)17-3-4-21-18(24-17)26-7-11-28(12-8-26)20-23-16(2)14-30-20/h13-14,17-18,21,24H,3-12H2,1-2H3. The van der Waals surface area contributed by atoms with Crippen molar-refractivity contribution in [3.05, 3.63) is 22.1 Å². The summed E-state index contributed by atoms with van der Waals surface area (Å²) in [4.78, 5) is 19.4. The van der Waals surface area contributed by atoms with Gasteiger partial charge in [0.05, 0.1) is 17.6 Å². The van der Waals surface area contributed by atoms with Crippen LogP contribution in [0.5, 0.6) is 0 Å². The highest BCUT2D eigenvalue weighted by Gasteiger charge is 2.32. The second kappa shape index (κ2) is 9.05. The number of anilines is 2. The molecule has 0 saturated carbocycles. The maximum absolute atomic E-state index is 4.66. The molecule has 2 aromatic rings. The van der Waals surface area contributed by atoms with Crippen LogP contribution in [0.25, 0.3) is 0 Å². The summed E-state index contributed by atoms with van der Waals surface area (Å²) >= 11 is 3.53. The van der Waals surface area contributed by atoms with Crippen LogP contribution < -0.4 is 20.4 Å². The Morgan fingerprint density at radius 2 is 1.33 bits per heavy atom. The zero-order valence-electron chi connectivity index (χ0n) is 17.9. The van der Waals surface area contributed by atoms with Crippen molar-refractivity contribution in [2.45, 2.75) is 32.7 Å². The molecule has 3 saturated heterocycles. The molecule has 5 rings (SSSR count). The van der Waals surface area contributed by atoms with E-state index in [0.717, 1.165) is 76.7 Å². The van der Waals surface area contributed by atoms with Crippen molar-refractivity contribution in [2.75, 3.05) is 68.7 Å². The molecule has 3 aliphatic rings. The van der Waals surface area contributed by atoms with Crippen LogP contribution in [0.1, 0.15) is 17.8 Å². The predicted octanol–water partition coefficient (Wildman–Crippen LogP) is 1.35. The summed E-state index contributed by atoms with van der Waals surface area (Å²) in [6.07, 6.45) is 1.88. The van der Waals surface area contributed by atoms with Crippen molar-refractivity contribution in [2.24, 2.45) is 0 Å². The first kappa shape index (κ1) is 20.6. The van der Waals surface area contributed by atoms with Crippen LogP contribution in [0.15, 0.2) is 10.8 Å². The minimum Gasteiger partial charge on any atom is -0.346 e. The van der Waals surface area contributed by atoms with Crippen LogP contribution in [-0.4, -0.2) is 91.1 Å². The molecule has 0 aliphatic carbocycles. The average molecular weight is 449 g/mol. The van der Waals surface area contributed by atoms with Gasteiger partial charge >= 0.3 is 0 Å². The molecule has 2 N–H and O–H groups in total. The van der Waals surface area contributed by atoms with Gasteiger partial charge in [-0.1, -0.05) is 0 Å². The van der Waals surface area contributed by atoms with Crippen LogP contribution in [0.4, 0.5) is 10.3 Å². The Balaban J connectivity index is 1.11. The summed E-state index contributed by atoms with van der Waals surface area (Å²) in [5.74, 6) is 0. The molecular formula is C20H32N8S2. The van der Waals surface area contributed by atoms with Gasteiger partial charge in [-0.15, -0.1) is 22.7 Å². The number of nitrogens with one attached hydrogen (secondary N) is 2. The molecule has 0 radical (unpaired) electrons. The molecule has 164 valence electrons. The molecule has 2 atom stereocenters. The zero-order valence-corrected chi connectivity index (χ0v) is 19.5. The largest absolute Gasteiger partial charge is 0.346 e. The minimum absolute atomic E-state index is 0.267. The maximum Gasteiger partial charge on any atom is 0.185 e. The summed E-state index contributed by atoms with van der Waals surface area (Å²) < 4.78 is 0. The van der Waals surface area contributed by atoms with Crippen LogP contribution in [-0.2, 0) is 0 Å². The van der Waals surface area contributed by atoms with Gasteiger partial charge in [-0.2, -0.15) is 0 Å². The normalized spacial score (nSPS) is 27.0. The van der Waals surface area contributed by atoms with Gasteiger partial charge < -0.3 is 9.80 Å². The second-order valence-electron chi connectivity index (χ2n) is 8.42. The van der Waals surface area contributed by atoms with E-state index in [4.69, 9.17) is 0 Å². The molecule has 10 heteroatoms. The Morgan fingerprint density at radius 1 is 0.800 bits per heavy atom. The van der Waals surface area contributed by atoms with E-state index in [0.29, 0.717) is 6.17 Å². The van der Waals surface area contributed by atoms with E-state index in [9.17, 15) is 0 Å². The van der Waals surface area contributed by atoms with E-state index >= 15 is 0 Å². The second-order valence-corrected chi connectivity index (χ2v) is 10.1. The molecule has 0 aromatic carbocycles. The highest BCUT2D eigenvalue weighted by atomic mass is 32.1. The van der Waals surface area contributed by atoms with Gasteiger partial charge in [-0.3, -0.25) is 20.4 Å². The Labute approximate surface area is 186 Å². The number of thiazole rings is 2. The number of aryl methyl sites for hydroxylation is 2. The lowest BCUT2D eigenvalue weighted by Crippen LogP contribution is -2.69. The molecule has 2 unspecified atom stereocenters. The van der Waals surface area contributed by atoms with Gasteiger partial charge in [0.25, 0.3) is 0 Å². The van der Waals surface area contributed by atoms with E-state index < -0.39 is 0 Å². The first-order valence-corrected chi connectivity index (χ1v) is 12.7. The Bertz CT molecular complexity index is 756. The van der Waals surface area contributed by atoms with Crippen LogP contribution in [0.3, 0.4) is 0 Å². The van der Waals surface area contributed by atoms with Crippen LogP contribution in [0, 0.1) is 13.8 Å². The quantitative estimate of drug-likeness (QED) is 0.727. The minimum atomic E-state index is 0.267. The molecule has 0 spiro atoms. The fourth-order valence-corrected chi connectivity index (χ4v) is 6.29. The van der Waals surface area contributed by atoms with Crippen molar-refractivity contribution >= 4 is 32.9 Å². The molecule has 5 heterocycles. The van der Waals surface area contributed by atoms with E-state index in [1.165, 1.54) is 10.3 Å². The van der Waals surface area contributed by atoms with E-state index in [1.54, 1.807) is 22.7 Å². The van der Waals surface area contributed by atoms with Crippen molar-refractivity contribution in [1.29, 1.82) is 0 Å². The molecule has 2 aromatic heterocycles. The van der Waals surface area contributed by atoms with Crippen molar-refractivity contribution in [3.8, 4) is 0 Å². The lowest BCUT2D eigenvalue weighted by atomic mass is 10.2. The summed E-state index contributed by atoms with van der Waals surface area (Å²) in [7, 11) is 0. The summed E-state index contributed by atoms with van der Waals surface area (Å²) in [5.41, 5.74) is 2.26. The van der Waals surface area contributed by atoms with Gasteiger partial charge in [0.1, 0.15) is 6.29 Å². The number of piperazine rings is 2. The first-order chi connectivity index (χ1) is 14.7. The lowest BCUT2D eigenvalue weighted by molar-refractivity contribution is 0.0356. The van der Waals surface area contributed by atoms with Crippen molar-refractivity contribution in [3.63, 3.8) is 0 Å². The van der Waals surface area contributed by atoms with E-state index in [1.807, 2.05) is 0 Å². The van der Waals surface area contributed by atoms with Gasteiger partial charge in [-0.25, -0.2) is 9.97 Å². The van der Waals surface area contributed by atoms with Crippen molar-refractivity contribution < 1.29 is 0 Å². The van der Waals surface area contributed by atoms with Crippen molar-refractivity contribution in [1.82, 2.24) is 30.4 Å². The number of nitrogens with zero attached hydrogens (tertiary/aromatic N) is 6. The third-order valence-electron chi connectivity index (χ3n) is 6.29. The van der Waals surface area contributed by atoms with Gasteiger partial charge in [0.15, 0.2) is 10.3 Å².